The molecule has 0 aromatic carbocycles. The highest BCUT2D eigenvalue weighted by atomic mass is 16.2. The van der Waals surface area contributed by atoms with E-state index in [1.165, 1.54) is 0 Å². The lowest BCUT2D eigenvalue weighted by Gasteiger charge is -2.38. The zero-order chi connectivity index (χ0) is 39.2. The lowest BCUT2D eigenvalue weighted by molar-refractivity contribution is -0.145. The summed E-state index contributed by atoms with van der Waals surface area (Å²) in [7, 11) is 1.96. The predicted molar refractivity (Wildman–Crippen MR) is 206 cm³/mol. The Balaban J connectivity index is 1.25. The molecule has 6 rings (SSSR count). The summed E-state index contributed by atoms with van der Waals surface area (Å²) in [5.74, 6) is -2.59. The molecule has 0 aromatic heterocycles. The number of likely N-dealkylation sites (N-methyl/N-ethyl adjacent to an activating group) is 1. The van der Waals surface area contributed by atoms with Crippen LogP contribution in [0.3, 0.4) is 0 Å². The molecule has 4 N–H and O–H groups in total. The van der Waals surface area contributed by atoms with Crippen molar-refractivity contribution in [3.8, 4) is 0 Å². The van der Waals surface area contributed by atoms with Crippen molar-refractivity contribution in [2.75, 3.05) is 20.1 Å². The third-order valence-electron chi connectivity index (χ3n) is 14.9. The fourth-order valence-corrected chi connectivity index (χ4v) is 11.1. The molecule has 0 aromatic rings. The Morgan fingerprint density at radius 2 is 1.43 bits per heavy atom. The lowest BCUT2D eigenvalue weighted by atomic mass is 9.73. The van der Waals surface area contributed by atoms with Gasteiger partial charge in [0.1, 0.15) is 18.1 Å². The standard InChI is InChI=1S/C42H68N6O6/c1-8-15-28(32(49)37(53)43-27-19-20-27)44-35(51)30-24-42(40(5,6)41(42)21-14-22-41)25-48(30)38(54)33(39(2,3)4)46-36(52)31(26-16-10-9-11-17-26)45-34(50)29-18-12-13-23-47(29)7/h26-31,33H,8-25H2,1-7H3,(H,43,53)(H,44,51)(H,45,50)(H,46,52)/t28-,29+,30-,31?,33+,42+/m0/s1. The number of hydrogen-bond donors (Lipinski definition) is 4. The van der Waals surface area contributed by atoms with E-state index in [9.17, 15) is 24.0 Å². The quantitative estimate of drug-likeness (QED) is 0.207. The number of amides is 5. The lowest BCUT2D eigenvalue weighted by Crippen LogP contribution is -2.63. The predicted octanol–water partition coefficient (Wildman–Crippen LogP) is 4.00. The Bertz CT molecular complexity index is 1480. The highest BCUT2D eigenvalue weighted by Gasteiger charge is 2.85. The number of piperidine rings is 1. The molecule has 0 bridgehead atoms. The van der Waals surface area contributed by atoms with Gasteiger partial charge in [-0.2, -0.15) is 0 Å². The van der Waals surface area contributed by atoms with Crippen LogP contribution < -0.4 is 21.3 Å². The van der Waals surface area contributed by atoms with E-state index in [0.29, 0.717) is 25.8 Å². The highest BCUT2D eigenvalue weighted by molar-refractivity contribution is 6.38. The van der Waals surface area contributed by atoms with Crippen LogP contribution in [0.5, 0.6) is 0 Å². The zero-order valence-electron chi connectivity index (χ0n) is 34.1. The number of rotatable bonds is 13. The largest absolute Gasteiger partial charge is 0.347 e. The molecule has 6 atom stereocenters. The maximum Gasteiger partial charge on any atom is 0.289 e. The fourth-order valence-electron chi connectivity index (χ4n) is 11.1. The number of carbonyl (C=O) groups is 6. The van der Waals surface area contributed by atoms with Gasteiger partial charge >= 0.3 is 0 Å². The number of hydrogen-bond acceptors (Lipinski definition) is 7. The van der Waals surface area contributed by atoms with Gasteiger partial charge in [-0.3, -0.25) is 33.7 Å². The normalized spacial score (nSPS) is 29.4. The topological polar surface area (TPSA) is 157 Å². The first-order valence-electron chi connectivity index (χ1n) is 21.2. The number of likely N-dealkylation sites (tertiary alicyclic amines) is 2. The third-order valence-corrected chi connectivity index (χ3v) is 14.9. The molecule has 2 spiro atoms. The molecule has 6 aliphatic rings. The zero-order valence-corrected chi connectivity index (χ0v) is 34.1. The van der Waals surface area contributed by atoms with Gasteiger partial charge in [0.2, 0.25) is 29.4 Å². The van der Waals surface area contributed by atoms with E-state index in [4.69, 9.17) is 0 Å². The summed E-state index contributed by atoms with van der Waals surface area (Å²) in [5.41, 5.74) is -1.03. The summed E-state index contributed by atoms with van der Waals surface area (Å²) in [6.45, 7) is 13.4. The molecule has 54 heavy (non-hydrogen) atoms. The van der Waals surface area contributed by atoms with Gasteiger partial charge < -0.3 is 26.2 Å². The summed E-state index contributed by atoms with van der Waals surface area (Å²) in [5, 5.41) is 12.0. The molecule has 2 heterocycles. The Morgan fingerprint density at radius 1 is 0.778 bits per heavy atom. The minimum atomic E-state index is -0.985. The highest BCUT2D eigenvalue weighted by Crippen LogP contribution is 2.88. The minimum absolute atomic E-state index is 0.0159. The van der Waals surface area contributed by atoms with Crippen LogP contribution in [0.15, 0.2) is 0 Å². The Kier molecular flexibility index (Phi) is 11.7. The van der Waals surface area contributed by atoms with Gasteiger partial charge in [0.05, 0.1) is 12.1 Å². The van der Waals surface area contributed by atoms with Crippen molar-refractivity contribution in [3.05, 3.63) is 0 Å². The minimum Gasteiger partial charge on any atom is -0.347 e. The van der Waals surface area contributed by atoms with Crippen molar-refractivity contribution in [2.24, 2.45) is 27.6 Å². The van der Waals surface area contributed by atoms with Crippen LogP contribution in [0, 0.1) is 27.6 Å². The SMILES string of the molecule is CCC[C@H](NC(=O)[C@@H]1C[C@@]2(CN1C(=O)[C@@H](NC(=O)C(NC(=O)[C@H]1CCCCN1C)C1CCCCC1)C(C)(C)C)C(C)(C)C21CCC1)C(=O)C(=O)NC1CC1. The van der Waals surface area contributed by atoms with Crippen molar-refractivity contribution in [1.82, 2.24) is 31.1 Å². The second-order valence-electron chi connectivity index (χ2n) is 19.5. The molecule has 12 nitrogen and oxygen atoms in total. The van der Waals surface area contributed by atoms with Crippen LogP contribution in [0.2, 0.25) is 0 Å². The molecule has 2 saturated heterocycles. The van der Waals surface area contributed by atoms with E-state index < -0.39 is 47.2 Å². The van der Waals surface area contributed by atoms with Gasteiger partial charge in [0.15, 0.2) is 0 Å². The average molecular weight is 753 g/mol. The monoisotopic (exact) mass is 753 g/mol. The van der Waals surface area contributed by atoms with Gasteiger partial charge in [-0.1, -0.05) is 80.1 Å². The maximum absolute atomic E-state index is 15.1. The van der Waals surface area contributed by atoms with E-state index in [1.807, 2.05) is 34.7 Å². The van der Waals surface area contributed by atoms with Crippen molar-refractivity contribution in [3.63, 3.8) is 0 Å². The second-order valence-corrected chi connectivity index (χ2v) is 19.5. The average Bonchev–Trinajstić information content (AvgIpc) is 3.93. The maximum atomic E-state index is 15.1. The van der Waals surface area contributed by atoms with Crippen LogP contribution in [-0.2, 0) is 28.8 Å². The summed E-state index contributed by atoms with van der Waals surface area (Å²) < 4.78 is 0. The van der Waals surface area contributed by atoms with Crippen LogP contribution in [-0.4, -0.2) is 102 Å². The van der Waals surface area contributed by atoms with Crippen LogP contribution in [0.1, 0.15) is 144 Å². The van der Waals surface area contributed by atoms with Gasteiger partial charge in [0, 0.05) is 18.0 Å². The molecule has 5 amide bonds. The van der Waals surface area contributed by atoms with Gasteiger partial charge in [-0.15, -0.1) is 0 Å². The first kappa shape index (κ1) is 40.6. The summed E-state index contributed by atoms with van der Waals surface area (Å²) in [6, 6.07) is -3.84. The molecule has 6 fully saturated rings. The molecule has 2 aliphatic heterocycles. The van der Waals surface area contributed by atoms with Crippen molar-refractivity contribution in [1.29, 1.82) is 0 Å². The van der Waals surface area contributed by atoms with Crippen molar-refractivity contribution in [2.45, 2.75) is 181 Å². The number of fused-ring (bicyclic) bond motifs is 1. The Hall–Kier alpha value is -3.02. The first-order chi connectivity index (χ1) is 25.5. The van der Waals surface area contributed by atoms with E-state index in [0.717, 1.165) is 90.0 Å². The van der Waals surface area contributed by atoms with E-state index >= 15 is 4.79 Å². The molecule has 4 aliphatic carbocycles. The van der Waals surface area contributed by atoms with Crippen LogP contribution >= 0.6 is 0 Å². The molecular weight excluding hydrogens is 684 g/mol. The summed E-state index contributed by atoms with van der Waals surface area (Å²) in [4.78, 5) is 87.6. The summed E-state index contributed by atoms with van der Waals surface area (Å²) in [6.07, 6.45) is 13.8. The van der Waals surface area contributed by atoms with Gasteiger partial charge in [-0.25, -0.2) is 0 Å². The molecule has 302 valence electrons. The summed E-state index contributed by atoms with van der Waals surface area (Å²) >= 11 is 0. The first-order valence-corrected chi connectivity index (χ1v) is 21.2. The molecule has 4 saturated carbocycles. The number of Topliss-reactive ketones (excluding diaryl/α,β-unsaturated/α-hetero) is 1. The molecule has 1 unspecified atom stereocenters. The molecular formula is C42H68N6O6. The van der Waals surface area contributed by atoms with E-state index in [1.54, 1.807) is 4.90 Å². The smallest absolute Gasteiger partial charge is 0.289 e. The van der Waals surface area contributed by atoms with Crippen molar-refractivity contribution < 1.29 is 28.8 Å². The molecule has 12 heteroatoms. The van der Waals surface area contributed by atoms with E-state index in [2.05, 4.69) is 40.0 Å². The van der Waals surface area contributed by atoms with Gasteiger partial charge in [0.25, 0.3) is 5.91 Å². The van der Waals surface area contributed by atoms with Gasteiger partial charge in [-0.05, 0) is 100.0 Å². The number of ketones is 1. The van der Waals surface area contributed by atoms with Crippen LogP contribution in [0.25, 0.3) is 0 Å². The Labute approximate surface area is 322 Å². The number of carbonyl (C=O) groups excluding carboxylic acids is 6. The molecule has 0 radical (unpaired) electrons. The third kappa shape index (κ3) is 7.46. The van der Waals surface area contributed by atoms with Crippen molar-refractivity contribution >= 4 is 35.3 Å². The van der Waals surface area contributed by atoms with E-state index in [-0.39, 0.29) is 52.0 Å². The second kappa shape index (κ2) is 15.5. The van der Waals surface area contributed by atoms with Crippen LogP contribution in [0.4, 0.5) is 0 Å². The number of nitrogens with one attached hydrogen (secondary N) is 4. The fraction of sp³-hybridized carbons (Fsp3) is 0.857. The Morgan fingerprint density at radius 3 is 1.98 bits per heavy atom. The number of nitrogens with zero attached hydrogens (tertiary/aromatic N) is 2.